The predicted molar refractivity (Wildman–Crippen MR) is 106 cm³/mol. The number of aromatic nitrogens is 3. The second kappa shape index (κ2) is 7.18. The molecule has 0 radical (unpaired) electrons. The molecule has 1 aliphatic rings. The number of pyridine rings is 2. The quantitative estimate of drug-likeness (QED) is 0.438. The maximum Gasteiger partial charge on any atom is 0.396 e. The second-order valence-electron chi connectivity index (χ2n) is 7.04. The number of hydrogen-bond donors (Lipinski definition) is 2. The van der Waals surface area contributed by atoms with Crippen LogP contribution in [0.25, 0.3) is 22.5 Å². The number of nitrogens with one attached hydrogen (secondary N) is 2. The molecule has 150 valence electrons. The molecule has 1 saturated carbocycles. The number of halogens is 4. The van der Waals surface area contributed by atoms with Crippen LogP contribution in [0, 0.1) is 10.8 Å². The van der Waals surface area contributed by atoms with E-state index in [-0.39, 0.29) is 24.5 Å². The molecule has 3 heterocycles. The van der Waals surface area contributed by atoms with Crippen LogP contribution in [-0.2, 0) is 0 Å². The van der Waals surface area contributed by atoms with Gasteiger partial charge in [0.25, 0.3) is 0 Å². The highest BCUT2D eigenvalue weighted by Crippen LogP contribution is 2.57. The molecule has 3 aromatic heterocycles. The van der Waals surface area contributed by atoms with Crippen molar-refractivity contribution in [2.45, 2.75) is 19.0 Å². The maximum absolute atomic E-state index is 13.1. The molecular weight excluding hydrogens is 403 g/mol. The van der Waals surface area contributed by atoms with Gasteiger partial charge in [0.15, 0.2) is 0 Å². The highest BCUT2D eigenvalue weighted by molar-refractivity contribution is 6.29. The van der Waals surface area contributed by atoms with E-state index in [0.29, 0.717) is 16.8 Å². The molecule has 2 N–H and O–H groups in total. The Hall–Kier alpha value is -2.87. The molecule has 5 nitrogen and oxygen atoms in total. The molecule has 0 spiro atoms. The molecule has 0 aromatic carbocycles. The van der Waals surface area contributed by atoms with Gasteiger partial charge in [0.2, 0.25) is 0 Å². The highest BCUT2D eigenvalue weighted by atomic mass is 35.5. The molecule has 1 aliphatic carbocycles. The van der Waals surface area contributed by atoms with Gasteiger partial charge >= 0.3 is 6.18 Å². The fraction of sp³-hybridized carbons (Fsp3) is 0.250. The van der Waals surface area contributed by atoms with E-state index < -0.39 is 11.6 Å². The van der Waals surface area contributed by atoms with Crippen molar-refractivity contribution in [2.24, 2.45) is 5.41 Å². The Balaban J connectivity index is 1.67. The third kappa shape index (κ3) is 3.72. The summed E-state index contributed by atoms with van der Waals surface area (Å²) < 4.78 is 41.2. The van der Waals surface area contributed by atoms with Crippen LogP contribution < -0.4 is 5.32 Å². The van der Waals surface area contributed by atoms with E-state index in [9.17, 15) is 13.2 Å². The van der Waals surface area contributed by atoms with Crippen molar-refractivity contribution in [3.8, 4) is 11.3 Å². The van der Waals surface area contributed by atoms with Crippen molar-refractivity contribution in [1.29, 1.82) is 5.41 Å². The summed E-state index contributed by atoms with van der Waals surface area (Å²) in [5, 5.41) is 10.8. The molecule has 4 rings (SSSR count). The Morgan fingerprint density at radius 1 is 1.28 bits per heavy atom. The van der Waals surface area contributed by atoms with E-state index in [1.54, 1.807) is 18.3 Å². The lowest BCUT2D eigenvalue weighted by atomic mass is 10.0. The zero-order chi connectivity index (χ0) is 20.6. The minimum atomic E-state index is -4.23. The van der Waals surface area contributed by atoms with Crippen molar-refractivity contribution in [1.82, 2.24) is 19.7 Å². The molecule has 0 saturated heterocycles. The fourth-order valence-corrected chi connectivity index (χ4v) is 3.36. The molecule has 29 heavy (non-hydrogen) atoms. The van der Waals surface area contributed by atoms with Crippen LogP contribution in [0.3, 0.4) is 0 Å². The van der Waals surface area contributed by atoms with Crippen molar-refractivity contribution >= 4 is 29.0 Å². The first kappa shape index (κ1) is 19.4. The first-order valence-electron chi connectivity index (χ1n) is 8.94. The average Bonchev–Trinajstić information content (AvgIpc) is 3.34. The molecular formula is C20H17ClF3N5. The summed E-state index contributed by atoms with van der Waals surface area (Å²) in [6.07, 6.45) is 3.84. The van der Waals surface area contributed by atoms with E-state index in [0.717, 1.165) is 17.4 Å². The van der Waals surface area contributed by atoms with E-state index >= 15 is 0 Å². The van der Waals surface area contributed by atoms with E-state index in [4.69, 9.17) is 17.0 Å². The lowest BCUT2D eigenvalue weighted by Gasteiger charge is -2.19. The average molecular weight is 420 g/mol. The minimum Gasteiger partial charge on any atom is -0.389 e. The number of hydrogen-bond acceptors (Lipinski definition) is 4. The summed E-state index contributed by atoms with van der Waals surface area (Å²) in [5.74, 6) is 0. The van der Waals surface area contributed by atoms with Crippen molar-refractivity contribution < 1.29 is 13.2 Å². The Labute approximate surface area is 169 Å². The van der Waals surface area contributed by atoms with Crippen molar-refractivity contribution in [3.05, 3.63) is 59.8 Å². The van der Waals surface area contributed by atoms with Gasteiger partial charge in [-0.05, 0) is 37.1 Å². The van der Waals surface area contributed by atoms with Gasteiger partial charge in [0, 0.05) is 54.2 Å². The molecule has 0 atom stereocenters. The molecule has 0 amide bonds. The Morgan fingerprint density at radius 3 is 2.76 bits per heavy atom. The highest BCUT2D eigenvalue weighted by Gasteiger charge is 2.62. The number of fused-ring (bicyclic) bond motifs is 1. The maximum atomic E-state index is 13.1. The van der Waals surface area contributed by atoms with Gasteiger partial charge in [0.05, 0.1) is 11.1 Å². The first-order chi connectivity index (χ1) is 13.8. The van der Waals surface area contributed by atoms with E-state index in [1.165, 1.54) is 6.20 Å². The molecule has 0 unspecified atom stereocenters. The Morgan fingerprint density at radius 2 is 2.07 bits per heavy atom. The van der Waals surface area contributed by atoms with Gasteiger partial charge in [-0.2, -0.15) is 13.2 Å². The number of nitrogens with zero attached hydrogens (tertiary/aromatic N) is 3. The predicted octanol–water partition coefficient (Wildman–Crippen LogP) is 4.97. The third-order valence-corrected chi connectivity index (χ3v) is 5.36. The molecule has 3 aromatic rings. The van der Waals surface area contributed by atoms with Crippen LogP contribution in [0.5, 0.6) is 0 Å². The molecule has 9 heteroatoms. The largest absolute Gasteiger partial charge is 0.396 e. The third-order valence-electron chi connectivity index (χ3n) is 5.15. The van der Waals surface area contributed by atoms with Gasteiger partial charge < -0.3 is 15.1 Å². The Bertz CT molecular complexity index is 1100. The second-order valence-corrected chi connectivity index (χ2v) is 7.43. The first-order valence-corrected chi connectivity index (χ1v) is 9.32. The normalized spacial score (nSPS) is 16.1. The van der Waals surface area contributed by atoms with Crippen LogP contribution in [0.1, 0.15) is 18.4 Å². The monoisotopic (exact) mass is 419 g/mol. The fourth-order valence-electron chi connectivity index (χ4n) is 3.21. The van der Waals surface area contributed by atoms with Crippen LogP contribution in [-0.4, -0.2) is 33.3 Å². The lowest BCUT2D eigenvalue weighted by molar-refractivity contribution is -0.184. The molecule has 0 aliphatic heterocycles. The lowest BCUT2D eigenvalue weighted by Crippen LogP contribution is -2.33. The van der Waals surface area contributed by atoms with Gasteiger partial charge in [-0.25, -0.2) is 9.97 Å². The standard InChI is InChI=1S/C20H17ClF3N5/c21-16-2-1-15(14(10-25)11-26-12-19(4-5-19)20(22,23)24)18(28-16)13-3-7-29-8-6-27-17(29)9-13/h1-3,6-11,25-26H,4-5,12H2/b14-11+,25-10?. The zero-order valence-corrected chi connectivity index (χ0v) is 15.9. The summed E-state index contributed by atoms with van der Waals surface area (Å²) in [6, 6.07) is 6.97. The number of rotatable bonds is 6. The smallest absolute Gasteiger partial charge is 0.389 e. The van der Waals surface area contributed by atoms with E-state index in [1.807, 2.05) is 28.9 Å². The van der Waals surface area contributed by atoms with Crippen LogP contribution >= 0.6 is 11.6 Å². The van der Waals surface area contributed by atoms with Crippen molar-refractivity contribution in [2.75, 3.05) is 6.54 Å². The van der Waals surface area contributed by atoms with Gasteiger partial charge in [-0.3, -0.25) is 0 Å². The minimum absolute atomic E-state index is 0.120. The Kier molecular flexibility index (Phi) is 4.82. The zero-order valence-electron chi connectivity index (χ0n) is 15.2. The number of allylic oxidation sites excluding steroid dienone is 1. The molecule has 1 fully saturated rings. The van der Waals surface area contributed by atoms with Crippen molar-refractivity contribution in [3.63, 3.8) is 0 Å². The summed E-state index contributed by atoms with van der Waals surface area (Å²) in [7, 11) is 0. The summed E-state index contributed by atoms with van der Waals surface area (Å²) in [6.45, 7) is -0.218. The van der Waals surface area contributed by atoms with Gasteiger partial charge in [0.1, 0.15) is 10.8 Å². The number of imidazole rings is 1. The summed E-state index contributed by atoms with van der Waals surface area (Å²) in [4.78, 5) is 8.64. The van der Waals surface area contributed by atoms with Crippen LogP contribution in [0.15, 0.2) is 49.1 Å². The molecule has 0 bridgehead atoms. The number of alkyl halides is 3. The van der Waals surface area contributed by atoms with Crippen LogP contribution in [0.2, 0.25) is 5.15 Å². The summed E-state index contributed by atoms with van der Waals surface area (Å²) >= 11 is 6.09. The van der Waals surface area contributed by atoms with Crippen LogP contribution in [0.4, 0.5) is 13.2 Å². The topological polar surface area (TPSA) is 66.1 Å². The summed E-state index contributed by atoms with van der Waals surface area (Å²) in [5.41, 5.74) is 1.31. The van der Waals surface area contributed by atoms with Gasteiger partial charge in [-0.15, -0.1) is 0 Å². The SMILES string of the molecule is N=C/C(=C\NCC1(C(F)(F)F)CC1)c1ccc(Cl)nc1-c1ccn2ccnc2c1. The van der Waals surface area contributed by atoms with Gasteiger partial charge in [-0.1, -0.05) is 11.6 Å². The van der Waals surface area contributed by atoms with E-state index in [2.05, 4.69) is 15.3 Å².